The van der Waals surface area contributed by atoms with Gasteiger partial charge in [0.2, 0.25) is 5.91 Å². The molecule has 0 bridgehead atoms. The summed E-state index contributed by atoms with van der Waals surface area (Å²) < 4.78 is 5.66. The number of hydrogen-bond acceptors (Lipinski definition) is 5. The number of anilines is 2. The predicted octanol–water partition coefficient (Wildman–Crippen LogP) is 6.01. The fourth-order valence-corrected chi connectivity index (χ4v) is 4.63. The lowest BCUT2D eigenvalue weighted by molar-refractivity contribution is -0.126. The number of nitrogens with zero attached hydrogens (tertiary/aromatic N) is 2. The third-order valence-corrected chi connectivity index (χ3v) is 6.91. The maximum absolute atomic E-state index is 12.8. The second-order valence-electron chi connectivity index (χ2n) is 9.35. The maximum Gasteiger partial charge on any atom is 0.257 e. The molecule has 1 saturated heterocycles. The van der Waals surface area contributed by atoms with E-state index in [0.29, 0.717) is 49.1 Å². The minimum atomic E-state index is -0.322. The molecule has 208 valence electrons. The zero-order valence-corrected chi connectivity index (χ0v) is 24.0. The van der Waals surface area contributed by atoms with E-state index in [-0.39, 0.29) is 16.9 Å². The molecule has 0 radical (unpaired) electrons. The van der Waals surface area contributed by atoms with Crippen LogP contribution in [0.5, 0.6) is 5.75 Å². The van der Waals surface area contributed by atoms with E-state index in [2.05, 4.69) is 22.5 Å². The average Bonchev–Trinajstić information content (AvgIpc) is 2.97. The Morgan fingerprint density at radius 1 is 1.00 bits per heavy atom. The van der Waals surface area contributed by atoms with Crippen LogP contribution in [0.25, 0.3) is 6.08 Å². The Kier molecular flexibility index (Phi) is 10.5. The summed E-state index contributed by atoms with van der Waals surface area (Å²) in [6, 6.07) is 22.2. The lowest BCUT2D eigenvalue weighted by Crippen LogP contribution is -2.48. The van der Waals surface area contributed by atoms with Crippen LogP contribution in [0.3, 0.4) is 0 Å². The molecule has 0 atom stereocenters. The largest absolute Gasteiger partial charge is 0.494 e. The quantitative estimate of drug-likeness (QED) is 0.185. The molecule has 7 nitrogen and oxygen atoms in total. The highest BCUT2D eigenvalue weighted by atomic mass is 35.5. The van der Waals surface area contributed by atoms with E-state index in [1.807, 2.05) is 53.4 Å². The minimum Gasteiger partial charge on any atom is -0.494 e. The van der Waals surface area contributed by atoms with Crippen molar-refractivity contribution in [3.63, 3.8) is 0 Å². The molecule has 1 heterocycles. The highest BCUT2D eigenvalue weighted by Crippen LogP contribution is 2.30. The van der Waals surface area contributed by atoms with Crippen LogP contribution in [0.2, 0.25) is 5.02 Å². The number of halogens is 1. The monoisotopic (exact) mass is 576 g/mol. The second-order valence-corrected chi connectivity index (χ2v) is 10.2. The van der Waals surface area contributed by atoms with Gasteiger partial charge in [0.25, 0.3) is 5.91 Å². The zero-order chi connectivity index (χ0) is 28.3. The number of ether oxygens (including phenoxy) is 1. The molecule has 2 N–H and O–H groups in total. The van der Waals surface area contributed by atoms with Crippen molar-refractivity contribution < 1.29 is 14.3 Å². The van der Waals surface area contributed by atoms with E-state index in [1.54, 1.807) is 36.4 Å². The number of rotatable bonds is 9. The lowest BCUT2D eigenvalue weighted by atomic mass is 10.2. The third kappa shape index (κ3) is 8.31. The molecule has 1 fully saturated rings. The minimum absolute atomic E-state index is 0.0117. The summed E-state index contributed by atoms with van der Waals surface area (Å²) in [5.41, 5.74) is 3.03. The summed E-state index contributed by atoms with van der Waals surface area (Å²) in [5, 5.41) is 6.56. The number of benzene rings is 3. The van der Waals surface area contributed by atoms with Crippen molar-refractivity contribution in [1.82, 2.24) is 10.2 Å². The maximum atomic E-state index is 12.8. The molecule has 2 amide bonds. The number of unbranched alkanes of at least 4 members (excludes halogenated alkanes) is 1. The van der Waals surface area contributed by atoms with Gasteiger partial charge in [-0.15, -0.1) is 0 Å². The molecule has 1 aliphatic heterocycles. The number of nitrogens with one attached hydrogen (secondary N) is 2. The first-order valence-corrected chi connectivity index (χ1v) is 14.1. The van der Waals surface area contributed by atoms with Gasteiger partial charge in [0.1, 0.15) is 5.75 Å². The van der Waals surface area contributed by atoms with Crippen molar-refractivity contribution in [3.05, 3.63) is 95.0 Å². The Morgan fingerprint density at radius 2 is 1.73 bits per heavy atom. The van der Waals surface area contributed by atoms with Crippen LogP contribution in [-0.2, 0) is 4.79 Å². The summed E-state index contributed by atoms with van der Waals surface area (Å²) >= 11 is 11.7. The molecule has 0 spiro atoms. The van der Waals surface area contributed by atoms with Crippen LogP contribution in [0.15, 0.2) is 78.9 Å². The fourth-order valence-electron chi connectivity index (χ4n) is 4.25. The molecule has 0 aromatic heterocycles. The Hall–Kier alpha value is -3.88. The first-order chi connectivity index (χ1) is 19.4. The van der Waals surface area contributed by atoms with Crippen LogP contribution in [0.1, 0.15) is 35.7 Å². The number of thiocarbonyl (C=S) groups is 1. The molecule has 0 saturated carbocycles. The fraction of sp³-hybridized carbons (Fsp3) is 0.258. The van der Waals surface area contributed by atoms with Gasteiger partial charge >= 0.3 is 0 Å². The third-order valence-electron chi connectivity index (χ3n) is 6.47. The van der Waals surface area contributed by atoms with E-state index >= 15 is 0 Å². The van der Waals surface area contributed by atoms with E-state index < -0.39 is 0 Å². The van der Waals surface area contributed by atoms with E-state index in [1.165, 1.54) is 0 Å². The summed E-state index contributed by atoms with van der Waals surface area (Å²) in [5.74, 6) is 0.391. The highest BCUT2D eigenvalue weighted by Gasteiger charge is 2.22. The molecule has 9 heteroatoms. The second kappa shape index (κ2) is 14.5. The Labute approximate surface area is 245 Å². The van der Waals surface area contributed by atoms with Crippen LogP contribution in [0, 0.1) is 0 Å². The van der Waals surface area contributed by atoms with E-state index in [9.17, 15) is 9.59 Å². The van der Waals surface area contributed by atoms with Gasteiger partial charge in [-0.2, -0.15) is 0 Å². The number of amides is 2. The highest BCUT2D eigenvalue weighted by molar-refractivity contribution is 7.80. The summed E-state index contributed by atoms with van der Waals surface area (Å²) in [6.45, 7) is 5.21. The normalized spacial score (nSPS) is 13.2. The molecule has 0 unspecified atom stereocenters. The summed E-state index contributed by atoms with van der Waals surface area (Å²) in [7, 11) is 0. The predicted molar refractivity (Wildman–Crippen MR) is 166 cm³/mol. The molecule has 40 heavy (non-hydrogen) atoms. The van der Waals surface area contributed by atoms with Gasteiger partial charge in [0, 0.05) is 42.8 Å². The number of hydrogen-bond donors (Lipinski definition) is 2. The van der Waals surface area contributed by atoms with Crippen molar-refractivity contribution in [2.45, 2.75) is 19.8 Å². The van der Waals surface area contributed by atoms with Crippen LogP contribution < -0.4 is 20.3 Å². The van der Waals surface area contributed by atoms with Gasteiger partial charge in [-0.25, -0.2) is 0 Å². The van der Waals surface area contributed by atoms with Gasteiger partial charge in [-0.3, -0.25) is 14.9 Å². The molecular formula is C31H33ClN4O3S. The van der Waals surface area contributed by atoms with Crippen LogP contribution >= 0.6 is 23.8 Å². The SMILES string of the molecule is CCCCOc1ccc(C(=O)NC(=S)Nc2cc(Cl)ccc2N2CCN(C(=O)/C=C/c3ccccc3)CC2)cc1. The molecule has 3 aromatic rings. The first-order valence-electron chi connectivity index (χ1n) is 13.3. The van der Waals surface area contributed by atoms with E-state index in [0.717, 1.165) is 29.8 Å². The van der Waals surface area contributed by atoms with Gasteiger partial charge in [-0.05, 0) is 72.7 Å². The van der Waals surface area contributed by atoms with Gasteiger partial charge in [0.15, 0.2) is 5.11 Å². The molecular weight excluding hydrogens is 544 g/mol. The first kappa shape index (κ1) is 29.1. The standard InChI is InChI=1S/C31H33ClN4O3S/c1-2-3-21-39-26-13-10-24(11-14-26)30(38)34-31(40)33-27-22-25(32)12-15-28(27)35-17-19-36(20-18-35)29(37)16-9-23-7-5-4-6-8-23/h4-16,22H,2-3,17-21H2,1H3,(H2,33,34,38,40)/b16-9+. The topological polar surface area (TPSA) is 73.9 Å². The summed E-state index contributed by atoms with van der Waals surface area (Å²) in [4.78, 5) is 29.5. The van der Waals surface area contributed by atoms with Crippen molar-refractivity contribution in [1.29, 1.82) is 0 Å². The number of carbonyl (C=O) groups is 2. The van der Waals surface area contributed by atoms with Crippen molar-refractivity contribution >= 4 is 58.2 Å². The van der Waals surface area contributed by atoms with Crippen molar-refractivity contribution in [3.8, 4) is 5.75 Å². The van der Waals surface area contributed by atoms with Crippen LogP contribution in [-0.4, -0.2) is 54.6 Å². The Bertz CT molecular complexity index is 1340. The number of carbonyl (C=O) groups excluding carboxylic acids is 2. The van der Waals surface area contributed by atoms with E-state index in [4.69, 9.17) is 28.6 Å². The van der Waals surface area contributed by atoms with Gasteiger partial charge < -0.3 is 19.9 Å². The molecule has 4 rings (SSSR count). The lowest BCUT2D eigenvalue weighted by Gasteiger charge is -2.36. The van der Waals surface area contributed by atoms with Gasteiger partial charge in [-0.1, -0.05) is 55.3 Å². The number of piperazine rings is 1. The molecule has 0 aliphatic carbocycles. The van der Waals surface area contributed by atoms with Crippen molar-refractivity contribution in [2.75, 3.05) is 43.0 Å². The Balaban J connectivity index is 1.33. The smallest absolute Gasteiger partial charge is 0.257 e. The average molecular weight is 577 g/mol. The Morgan fingerprint density at radius 3 is 2.42 bits per heavy atom. The van der Waals surface area contributed by atoms with Crippen molar-refractivity contribution in [2.24, 2.45) is 0 Å². The van der Waals surface area contributed by atoms with Gasteiger partial charge in [0.05, 0.1) is 18.0 Å². The zero-order valence-electron chi connectivity index (χ0n) is 22.4. The van der Waals surface area contributed by atoms with Crippen LogP contribution in [0.4, 0.5) is 11.4 Å². The summed E-state index contributed by atoms with van der Waals surface area (Å²) in [6.07, 6.45) is 5.49. The molecule has 3 aromatic carbocycles. The molecule has 1 aliphatic rings.